The second-order valence-electron chi connectivity index (χ2n) is 3.55. The lowest BCUT2D eigenvalue weighted by molar-refractivity contribution is -0.483. The van der Waals surface area contributed by atoms with E-state index in [0.29, 0.717) is 11.3 Å². The van der Waals surface area contributed by atoms with Crippen molar-refractivity contribution in [2.24, 2.45) is 0 Å². The molecule has 0 aliphatic heterocycles. The Morgan fingerprint density at radius 2 is 2.18 bits per heavy atom. The highest BCUT2D eigenvalue weighted by atomic mass is 16.6. The molecule has 92 valence electrons. The number of carbonyl (C=O) groups is 1. The zero-order valence-corrected chi connectivity index (χ0v) is 9.33. The smallest absolute Gasteiger partial charge is 0.304 e. The standard InChI is InChI=1S/C11H13NO5/c1-17-10-5-3-2-4-9(10)8(6-11(13)14)7-12(15)16/h2-5,8H,6-7H2,1H3,(H,13,14)/t8-/m0/s1. The molecule has 1 N–H and O–H groups in total. The molecule has 0 unspecified atom stereocenters. The van der Waals surface area contributed by atoms with Crippen LogP contribution in [0.2, 0.25) is 0 Å². The van der Waals surface area contributed by atoms with Gasteiger partial charge < -0.3 is 9.84 Å². The summed E-state index contributed by atoms with van der Waals surface area (Å²) in [5, 5.41) is 19.3. The minimum Gasteiger partial charge on any atom is -0.496 e. The van der Waals surface area contributed by atoms with Crippen molar-refractivity contribution in [2.75, 3.05) is 13.7 Å². The Labute approximate surface area is 98.0 Å². The summed E-state index contributed by atoms with van der Waals surface area (Å²) in [7, 11) is 1.45. The SMILES string of the molecule is COc1ccccc1[C@@H](CC(=O)O)C[N+](=O)[O-]. The normalized spacial score (nSPS) is 11.8. The summed E-state index contributed by atoms with van der Waals surface area (Å²) in [6.45, 7) is -0.424. The number of nitro groups is 1. The van der Waals surface area contributed by atoms with Gasteiger partial charge in [-0.15, -0.1) is 0 Å². The van der Waals surface area contributed by atoms with Crippen molar-refractivity contribution < 1.29 is 19.6 Å². The fourth-order valence-corrected chi connectivity index (χ4v) is 1.67. The van der Waals surface area contributed by atoms with E-state index in [-0.39, 0.29) is 6.42 Å². The molecule has 0 spiro atoms. The fraction of sp³-hybridized carbons (Fsp3) is 0.364. The van der Waals surface area contributed by atoms with E-state index >= 15 is 0 Å². The Morgan fingerprint density at radius 1 is 1.53 bits per heavy atom. The van der Waals surface area contributed by atoms with Crippen LogP contribution in [0.5, 0.6) is 5.75 Å². The van der Waals surface area contributed by atoms with Gasteiger partial charge in [-0.05, 0) is 6.07 Å². The lowest BCUT2D eigenvalue weighted by Gasteiger charge is -2.14. The number of benzene rings is 1. The van der Waals surface area contributed by atoms with Crippen molar-refractivity contribution in [3.63, 3.8) is 0 Å². The number of nitrogens with zero attached hydrogens (tertiary/aromatic N) is 1. The highest BCUT2D eigenvalue weighted by Gasteiger charge is 2.23. The Morgan fingerprint density at radius 3 is 2.71 bits per heavy atom. The van der Waals surface area contributed by atoms with E-state index in [0.717, 1.165) is 0 Å². The first-order valence-corrected chi connectivity index (χ1v) is 5.01. The van der Waals surface area contributed by atoms with Crippen molar-refractivity contribution >= 4 is 5.97 Å². The topological polar surface area (TPSA) is 89.7 Å². The van der Waals surface area contributed by atoms with Gasteiger partial charge in [0.15, 0.2) is 0 Å². The molecule has 0 saturated carbocycles. The number of methoxy groups -OCH3 is 1. The molecule has 1 aromatic rings. The zero-order valence-electron chi connectivity index (χ0n) is 9.33. The lowest BCUT2D eigenvalue weighted by atomic mass is 9.95. The first-order chi connectivity index (χ1) is 8.04. The maximum absolute atomic E-state index is 10.7. The summed E-state index contributed by atoms with van der Waals surface area (Å²) in [4.78, 5) is 20.7. The molecule has 1 aromatic carbocycles. The van der Waals surface area contributed by atoms with E-state index in [9.17, 15) is 14.9 Å². The maximum atomic E-state index is 10.7. The van der Waals surface area contributed by atoms with E-state index in [4.69, 9.17) is 9.84 Å². The Kier molecular flexibility index (Phi) is 4.45. The molecular formula is C11H13NO5. The highest BCUT2D eigenvalue weighted by Crippen LogP contribution is 2.28. The minimum absolute atomic E-state index is 0.290. The third-order valence-electron chi connectivity index (χ3n) is 2.37. The molecular weight excluding hydrogens is 226 g/mol. The summed E-state index contributed by atoms with van der Waals surface area (Å²) in [6, 6.07) is 6.74. The summed E-state index contributed by atoms with van der Waals surface area (Å²) in [6.07, 6.45) is -0.290. The minimum atomic E-state index is -1.07. The van der Waals surface area contributed by atoms with Gasteiger partial charge in [-0.1, -0.05) is 18.2 Å². The largest absolute Gasteiger partial charge is 0.496 e. The second kappa shape index (κ2) is 5.83. The van der Waals surface area contributed by atoms with Crippen LogP contribution in [-0.2, 0) is 4.79 Å². The summed E-state index contributed by atoms with van der Waals surface area (Å²) in [5.41, 5.74) is 0.550. The van der Waals surface area contributed by atoms with Crippen molar-refractivity contribution in [3.8, 4) is 5.75 Å². The van der Waals surface area contributed by atoms with Gasteiger partial charge in [0.25, 0.3) is 0 Å². The van der Waals surface area contributed by atoms with Crippen molar-refractivity contribution in [1.82, 2.24) is 0 Å². The predicted molar refractivity (Wildman–Crippen MR) is 59.8 cm³/mol. The van der Waals surface area contributed by atoms with Crippen molar-refractivity contribution in [1.29, 1.82) is 0 Å². The lowest BCUT2D eigenvalue weighted by Crippen LogP contribution is -2.17. The molecule has 0 heterocycles. The third kappa shape index (κ3) is 3.75. The average molecular weight is 239 g/mol. The molecule has 1 rings (SSSR count). The number of para-hydroxylation sites is 1. The number of carboxylic acid groups (broad SMARTS) is 1. The van der Waals surface area contributed by atoms with Crippen LogP contribution in [0.1, 0.15) is 17.9 Å². The molecule has 0 radical (unpaired) electrons. The van der Waals surface area contributed by atoms with Crippen LogP contribution in [-0.4, -0.2) is 29.7 Å². The molecule has 17 heavy (non-hydrogen) atoms. The number of hydrogen-bond acceptors (Lipinski definition) is 4. The first-order valence-electron chi connectivity index (χ1n) is 5.01. The zero-order chi connectivity index (χ0) is 12.8. The number of hydrogen-bond donors (Lipinski definition) is 1. The Hall–Kier alpha value is -2.11. The van der Waals surface area contributed by atoms with Gasteiger partial charge in [-0.3, -0.25) is 14.9 Å². The molecule has 6 heteroatoms. The summed E-state index contributed by atoms with van der Waals surface area (Å²) < 4.78 is 5.07. The predicted octanol–water partition coefficient (Wildman–Crippen LogP) is 1.53. The Balaban J connectivity index is 3.02. The van der Waals surface area contributed by atoms with E-state index in [1.807, 2.05) is 0 Å². The fourth-order valence-electron chi connectivity index (χ4n) is 1.67. The van der Waals surface area contributed by atoms with E-state index in [2.05, 4.69) is 0 Å². The van der Waals surface area contributed by atoms with Crippen molar-refractivity contribution in [2.45, 2.75) is 12.3 Å². The molecule has 0 bridgehead atoms. The molecule has 0 fully saturated rings. The van der Waals surface area contributed by atoms with Gasteiger partial charge in [0.05, 0.1) is 19.4 Å². The van der Waals surface area contributed by atoms with Crippen LogP contribution in [0.3, 0.4) is 0 Å². The third-order valence-corrected chi connectivity index (χ3v) is 2.37. The van der Waals surface area contributed by atoms with Crippen LogP contribution < -0.4 is 4.74 Å². The molecule has 0 saturated heterocycles. The molecule has 1 atom stereocenters. The summed E-state index contributed by atoms with van der Waals surface area (Å²) >= 11 is 0. The number of ether oxygens (including phenoxy) is 1. The maximum Gasteiger partial charge on any atom is 0.304 e. The van der Waals surface area contributed by atoms with Gasteiger partial charge in [0, 0.05) is 10.5 Å². The average Bonchev–Trinajstić information content (AvgIpc) is 2.27. The van der Waals surface area contributed by atoms with Gasteiger partial charge in [-0.25, -0.2) is 0 Å². The van der Waals surface area contributed by atoms with E-state index in [1.165, 1.54) is 7.11 Å². The van der Waals surface area contributed by atoms with Crippen LogP contribution >= 0.6 is 0 Å². The second-order valence-corrected chi connectivity index (χ2v) is 3.55. The van der Waals surface area contributed by atoms with Gasteiger partial charge in [0.2, 0.25) is 6.54 Å². The number of carboxylic acids is 1. The Bertz CT molecular complexity index is 402. The van der Waals surface area contributed by atoms with E-state index in [1.54, 1.807) is 24.3 Å². The highest BCUT2D eigenvalue weighted by molar-refractivity contribution is 5.68. The molecule has 6 nitrogen and oxygen atoms in total. The number of aliphatic carboxylic acids is 1. The van der Waals surface area contributed by atoms with Crippen molar-refractivity contribution in [3.05, 3.63) is 39.9 Å². The van der Waals surface area contributed by atoms with Crippen LogP contribution in [0, 0.1) is 10.1 Å². The number of rotatable bonds is 6. The van der Waals surface area contributed by atoms with Crippen LogP contribution in [0.25, 0.3) is 0 Å². The van der Waals surface area contributed by atoms with Gasteiger partial charge >= 0.3 is 5.97 Å². The van der Waals surface area contributed by atoms with Gasteiger partial charge in [-0.2, -0.15) is 0 Å². The van der Waals surface area contributed by atoms with Crippen LogP contribution in [0.4, 0.5) is 0 Å². The molecule has 0 amide bonds. The van der Waals surface area contributed by atoms with E-state index < -0.39 is 23.4 Å². The van der Waals surface area contributed by atoms with Gasteiger partial charge in [0.1, 0.15) is 5.75 Å². The monoisotopic (exact) mass is 239 g/mol. The molecule has 0 aromatic heterocycles. The van der Waals surface area contributed by atoms with Crippen LogP contribution in [0.15, 0.2) is 24.3 Å². The molecule has 0 aliphatic carbocycles. The summed E-state index contributed by atoms with van der Waals surface area (Å²) in [5.74, 6) is -1.28. The molecule has 0 aliphatic rings. The first kappa shape index (κ1) is 13.0. The quantitative estimate of drug-likeness (QED) is 0.600.